The summed E-state index contributed by atoms with van der Waals surface area (Å²) in [5.41, 5.74) is 0. The van der Waals surface area contributed by atoms with Gasteiger partial charge in [0.25, 0.3) is 0 Å². The van der Waals surface area contributed by atoms with Gasteiger partial charge in [-0.15, -0.1) is 0 Å². The molecule has 0 bridgehead atoms. The van der Waals surface area contributed by atoms with Gasteiger partial charge in [-0.1, -0.05) is 58.8 Å². The van der Waals surface area contributed by atoms with Gasteiger partial charge >= 0.3 is 0 Å². The standard InChI is InChI=1S/C15H33NS/c1-4-5-6-7-8-9-10-11-12-16-13-15(2)14-17-3/h15-16H,4-14H2,1-3H3. The van der Waals surface area contributed by atoms with E-state index in [1.807, 2.05) is 11.8 Å². The molecule has 0 rings (SSSR count). The molecule has 0 aliphatic carbocycles. The average molecular weight is 260 g/mol. The first-order valence-corrected chi connectivity index (χ1v) is 8.90. The van der Waals surface area contributed by atoms with Gasteiger partial charge in [0.05, 0.1) is 0 Å². The fourth-order valence-electron chi connectivity index (χ4n) is 2.08. The molecule has 0 saturated carbocycles. The summed E-state index contributed by atoms with van der Waals surface area (Å²) in [5, 5.41) is 3.57. The monoisotopic (exact) mass is 259 g/mol. The molecule has 1 atom stereocenters. The van der Waals surface area contributed by atoms with Crippen molar-refractivity contribution in [1.29, 1.82) is 0 Å². The second-order valence-corrected chi connectivity index (χ2v) is 6.15. The molecule has 0 heterocycles. The zero-order valence-electron chi connectivity index (χ0n) is 12.3. The third kappa shape index (κ3) is 14.2. The molecule has 0 saturated heterocycles. The lowest BCUT2D eigenvalue weighted by Crippen LogP contribution is -2.23. The number of unbranched alkanes of at least 4 members (excludes halogenated alkanes) is 7. The van der Waals surface area contributed by atoms with Crippen molar-refractivity contribution in [2.45, 2.75) is 65.2 Å². The number of thioether (sulfide) groups is 1. The number of rotatable bonds is 13. The van der Waals surface area contributed by atoms with E-state index < -0.39 is 0 Å². The van der Waals surface area contributed by atoms with Crippen molar-refractivity contribution in [3.05, 3.63) is 0 Å². The summed E-state index contributed by atoms with van der Waals surface area (Å²) in [7, 11) is 0. The van der Waals surface area contributed by atoms with E-state index in [0.717, 1.165) is 5.92 Å². The molecular formula is C15H33NS. The number of hydrogen-bond acceptors (Lipinski definition) is 2. The van der Waals surface area contributed by atoms with Crippen LogP contribution in [0, 0.1) is 5.92 Å². The summed E-state index contributed by atoms with van der Waals surface area (Å²) >= 11 is 1.95. The molecule has 1 nitrogen and oxygen atoms in total. The molecular weight excluding hydrogens is 226 g/mol. The quantitative estimate of drug-likeness (QED) is 0.481. The summed E-state index contributed by atoms with van der Waals surface area (Å²) < 4.78 is 0. The first kappa shape index (κ1) is 17.3. The lowest BCUT2D eigenvalue weighted by Gasteiger charge is -2.10. The number of nitrogens with one attached hydrogen (secondary N) is 1. The van der Waals surface area contributed by atoms with Gasteiger partial charge in [0, 0.05) is 0 Å². The zero-order chi connectivity index (χ0) is 12.8. The van der Waals surface area contributed by atoms with Gasteiger partial charge in [0.2, 0.25) is 0 Å². The maximum atomic E-state index is 3.57. The van der Waals surface area contributed by atoms with Gasteiger partial charge in [-0.2, -0.15) is 11.8 Å². The topological polar surface area (TPSA) is 12.0 Å². The Labute approximate surface area is 114 Å². The van der Waals surface area contributed by atoms with Gasteiger partial charge in [0.1, 0.15) is 0 Å². The molecule has 0 amide bonds. The van der Waals surface area contributed by atoms with E-state index >= 15 is 0 Å². The fraction of sp³-hybridized carbons (Fsp3) is 1.00. The van der Waals surface area contributed by atoms with Gasteiger partial charge < -0.3 is 5.32 Å². The Morgan fingerprint density at radius 2 is 1.53 bits per heavy atom. The van der Waals surface area contributed by atoms with Crippen LogP contribution in [0.3, 0.4) is 0 Å². The third-order valence-electron chi connectivity index (χ3n) is 3.15. The molecule has 0 aromatic rings. The first-order valence-electron chi connectivity index (χ1n) is 7.50. The van der Waals surface area contributed by atoms with E-state index in [2.05, 4.69) is 25.4 Å². The van der Waals surface area contributed by atoms with Crippen molar-refractivity contribution < 1.29 is 0 Å². The van der Waals surface area contributed by atoms with Crippen LogP contribution in [-0.2, 0) is 0 Å². The van der Waals surface area contributed by atoms with E-state index in [1.165, 1.54) is 70.2 Å². The molecule has 17 heavy (non-hydrogen) atoms. The van der Waals surface area contributed by atoms with Crippen LogP contribution in [0.1, 0.15) is 65.2 Å². The minimum absolute atomic E-state index is 0.819. The van der Waals surface area contributed by atoms with Crippen LogP contribution < -0.4 is 5.32 Å². The normalized spacial score (nSPS) is 12.9. The van der Waals surface area contributed by atoms with Gasteiger partial charge in [-0.3, -0.25) is 0 Å². The van der Waals surface area contributed by atoms with Crippen molar-refractivity contribution in [2.24, 2.45) is 5.92 Å². The zero-order valence-corrected chi connectivity index (χ0v) is 13.1. The minimum Gasteiger partial charge on any atom is -0.316 e. The van der Waals surface area contributed by atoms with Crippen molar-refractivity contribution >= 4 is 11.8 Å². The molecule has 0 aliphatic heterocycles. The molecule has 0 radical (unpaired) electrons. The Kier molecular flexibility index (Phi) is 14.6. The summed E-state index contributed by atoms with van der Waals surface area (Å²) in [4.78, 5) is 0. The summed E-state index contributed by atoms with van der Waals surface area (Å²) in [6.07, 6.45) is 13.5. The minimum atomic E-state index is 0.819. The van der Waals surface area contributed by atoms with Crippen molar-refractivity contribution in [2.75, 3.05) is 25.1 Å². The van der Waals surface area contributed by atoms with Gasteiger partial charge in [0.15, 0.2) is 0 Å². The largest absolute Gasteiger partial charge is 0.316 e. The summed E-state index contributed by atoms with van der Waals surface area (Å²) in [6, 6.07) is 0. The fourth-order valence-corrected chi connectivity index (χ4v) is 2.76. The molecule has 1 N–H and O–H groups in total. The van der Waals surface area contributed by atoms with Crippen molar-refractivity contribution in [1.82, 2.24) is 5.32 Å². The second kappa shape index (κ2) is 14.4. The smallest absolute Gasteiger partial charge is 0.00153 e. The highest BCUT2D eigenvalue weighted by atomic mass is 32.2. The Hall–Kier alpha value is 0.310. The maximum Gasteiger partial charge on any atom is -0.00153 e. The Bertz CT molecular complexity index is 139. The predicted octanol–water partition coefficient (Wildman–Crippen LogP) is 4.72. The van der Waals surface area contributed by atoms with E-state index in [1.54, 1.807) is 0 Å². The molecule has 0 aromatic carbocycles. The van der Waals surface area contributed by atoms with Crippen LogP contribution in [0.2, 0.25) is 0 Å². The molecule has 2 heteroatoms. The number of hydrogen-bond donors (Lipinski definition) is 1. The van der Waals surface area contributed by atoms with E-state index in [0.29, 0.717) is 0 Å². The molecule has 1 unspecified atom stereocenters. The lowest BCUT2D eigenvalue weighted by atomic mass is 10.1. The Morgan fingerprint density at radius 1 is 0.941 bits per heavy atom. The van der Waals surface area contributed by atoms with Crippen molar-refractivity contribution in [3.63, 3.8) is 0 Å². The first-order chi connectivity index (χ1) is 8.31. The predicted molar refractivity (Wildman–Crippen MR) is 83.0 cm³/mol. The van der Waals surface area contributed by atoms with Crippen LogP contribution >= 0.6 is 11.8 Å². The highest BCUT2D eigenvalue weighted by Gasteiger charge is 1.99. The van der Waals surface area contributed by atoms with Crippen molar-refractivity contribution in [3.8, 4) is 0 Å². The van der Waals surface area contributed by atoms with Crippen LogP contribution in [0.5, 0.6) is 0 Å². The average Bonchev–Trinajstić information content (AvgIpc) is 2.32. The van der Waals surface area contributed by atoms with E-state index in [9.17, 15) is 0 Å². The van der Waals surface area contributed by atoms with Gasteiger partial charge in [-0.05, 0) is 37.4 Å². The molecule has 104 valence electrons. The summed E-state index contributed by atoms with van der Waals surface area (Å²) in [6.45, 7) is 7.02. The Morgan fingerprint density at radius 3 is 2.12 bits per heavy atom. The highest BCUT2D eigenvalue weighted by Crippen LogP contribution is 2.08. The molecule has 0 fully saturated rings. The summed E-state index contributed by atoms with van der Waals surface area (Å²) in [5.74, 6) is 2.10. The second-order valence-electron chi connectivity index (χ2n) is 5.24. The maximum absolute atomic E-state index is 3.57. The van der Waals surface area contributed by atoms with Gasteiger partial charge in [-0.25, -0.2) is 0 Å². The van der Waals surface area contributed by atoms with Crippen LogP contribution in [0.25, 0.3) is 0 Å². The molecule has 0 aromatic heterocycles. The molecule has 0 spiro atoms. The SMILES string of the molecule is CCCCCCCCCCNCC(C)CSC. The van der Waals surface area contributed by atoms with E-state index in [4.69, 9.17) is 0 Å². The van der Waals surface area contributed by atoms with Crippen LogP contribution in [0.4, 0.5) is 0 Å². The van der Waals surface area contributed by atoms with Crippen LogP contribution in [0.15, 0.2) is 0 Å². The van der Waals surface area contributed by atoms with Crippen LogP contribution in [-0.4, -0.2) is 25.1 Å². The lowest BCUT2D eigenvalue weighted by molar-refractivity contribution is 0.522. The Balaban J connectivity index is 2.98. The van der Waals surface area contributed by atoms with E-state index in [-0.39, 0.29) is 0 Å². The third-order valence-corrected chi connectivity index (χ3v) is 4.05. The molecule has 0 aliphatic rings. The highest BCUT2D eigenvalue weighted by molar-refractivity contribution is 7.98.